The molecule has 0 fully saturated rings. The van der Waals surface area contributed by atoms with Crippen LogP contribution < -0.4 is 11.1 Å². The van der Waals surface area contributed by atoms with Crippen molar-refractivity contribution < 1.29 is 0 Å². The number of anilines is 1. The first-order valence-corrected chi connectivity index (χ1v) is 6.75. The average Bonchev–Trinajstić information content (AvgIpc) is 2.47. The first kappa shape index (κ1) is 17.5. The Balaban J connectivity index is 0.00000220. The highest BCUT2D eigenvalue weighted by Gasteiger charge is 2.19. The van der Waals surface area contributed by atoms with Crippen LogP contribution in [0.3, 0.4) is 0 Å². The van der Waals surface area contributed by atoms with Crippen molar-refractivity contribution in [3.63, 3.8) is 0 Å². The van der Waals surface area contributed by atoms with E-state index in [4.69, 9.17) is 5.73 Å². The number of rotatable bonds is 4. The molecule has 0 aromatic heterocycles. The quantitative estimate of drug-likeness (QED) is 0.467. The molecular formula is C17H22IN3. The topological polar surface area (TPSA) is 50.4 Å². The number of para-hydroxylation sites is 1. The van der Waals surface area contributed by atoms with Crippen molar-refractivity contribution in [2.24, 2.45) is 10.7 Å². The Hall–Kier alpha value is -1.56. The Morgan fingerprint density at radius 2 is 1.52 bits per heavy atom. The molecule has 0 saturated carbocycles. The maximum absolute atomic E-state index is 5.93. The van der Waals surface area contributed by atoms with Crippen molar-refractivity contribution in [3.8, 4) is 0 Å². The highest BCUT2D eigenvalue weighted by molar-refractivity contribution is 14.0. The number of hydrogen-bond acceptors (Lipinski definition) is 1. The van der Waals surface area contributed by atoms with E-state index in [1.807, 2.05) is 48.5 Å². The lowest BCUT2D eigenvalue weighted by atomic mass is 9.85. The lowest BCUT2D eigenvalue weighted by Crippen LogP contribution is -2.27. The number of hydrogen-bond donors (Lipinski definition) is 2. The number of aliphatic imine (C=N–C) groups is 1. The van der Waals surface area contributed by atoms with E-state index >= 15 is 0 Å². The SMILES string of the molecule is CC(C)(CN=C(N)Nc1ccccc1)c1ccccc1.I. The molecular weight excluding hydrogens is 373 g/mol. The number of nitrogens with two attached hydrogens (primary N) is 1. The molecule has 0 saturated heterocycles. The van der Waals surface area contributed by atoms with E-state index in [1.54, 1.807) is 0 Å². The van der Waals surface area contributed by atoms with Crippen LogP contribution in [0, 0.1) is 0 Å². The fourth-order valence-electron chi connectivity index (χ4n) is 1.97. The fourth-order valence-corrected chi connectivity index (χ4v) is 1.97. The Labute approximate surface area is 143 Å². The summed E-state index contributed by atoms with van der Waals surface area (Å²) >= 11 is 0. The van der Waals surface area contributed by atoms with Gasteiger partial charge in [-0.15, -0.1) is 24.0 Å². The van der Waals surface area contributed by atoms with Gasteiger partial charge in [0.2, 0.25) is 0 Å². The highest BCUT2D eigenvalue weighted by Crippen LogP contribution is 2.23. The molecule has 0 unspecified atom stereocenters. The van der Waals surface area contributed by atoms with Crippen molar-refractivity contribution in [1.82, 2.24) is 0 Å². The predicted octanol–water partition coefficient (Wildman–Crippen LogP) is 4.01. The van der Waals surface area contributed by atoms with Gasteiger partial charge in [-0.2, -0.15) is 0 Å². The summed E-state index contributed by atoms with van der Waals surface area (Å²) in [6.45, 7) is 4.98. The Morgan fingerprint density at radius 3 is 2.10 bits per heavy atom. The van der Waals surface area contributed by atoms with E-state index in [0.29, 0.717) is 12.5 Å². The molecule has 0 spiro atoms. The van der Waals surface area contributed by atoms with Crippen molar-refractivity contribution in [2.75, 3.05) is 11.9 Å². The summed E-state index contributed by atoms with van der Waals surface area (Å²) in [5.41, 5.74) is 8.10. The van der Waals surface area contributed by atoms with Crippen molar-refractivity contribution in [2.45, 2.75) is 19.3 Å². The van der Waals surface area contributed by atoms with Gasteiger partial charge in [0.25, 0.3) is 0 Å². The van der Waals surface area contributed by atoms with Crippen molar-refractivity contribution >= 4 is 35.6 Å². The van der Waals surface area contributed by atoms with Crippen LogP contribution in [0.1, 0.15) is 19.4 Å². The molecule has 3 N–H and O–H groups in total. The van der Waals surface area contributed by atoms with Gasteiger partial charge in [0, 0.05) is 11.1 Å². The maximum Gasteiger partial charge on any atom is 0.193 e. The smallest absolute Gasteiger partial charge is 0.193 e. The van der Waals surface area contributed by atoms with Crippen LogP contribution in [-0.2, 0) is 5.41 Å². The van der Waals surface area contributed by atoms with Crippen LogP contribution in [0.4, 0.5) is 5.69 Å². The molecule has 2 aromatic carbocycles. The molecule has 0 heterocycles. The van der Waals surface area contributed by atoms with E-state index in [0.717, 1.165) is 5.69 Å². The number of nitrogens with one attached hydrogen (secondary N) is 1. The summed E-state index contributed by atoms with van der Waals surface area (Å²) < 4.78 is 0. The first-order valence-electron chi connectivity index (χ1n) is 6.75. The second-order valence-electron chi connectivity index (χ2n) is 5.44. The summed E-state index contributed by atoms with van der Waals surface area (Å²) in [6.07, 6.45) is 0. The monoisotopic (exact) mass is 395 g/mol. The molecule has 0 aliphatic heterocycles. The molecule has 0 aliphatic carbocycles. The first-order chi connectivity index (χ1) is 9.58. The van der Waals surface area contributed by atoms with E-state index in [-0.39, 0.29) is 29.4 Å². The molecule has 0 radical (unpaired) electrons. The van der Waals surface area contributed by atoms with E-state index in [9.17, 15) is 0 Å². The fraction of sp³-hybridized carbons (Fsp3) is 0.235. The summed E-state index contributed by atoms with van der Waals surface area (Å²) in [7, 11) is 0. The lowest BCUT2D eigenvalue weighted by molar-refractivity contribution is 0.540. The molecule has 2 rings (SSSR count). The molecule has 4 heteroatoms. The minimum Gasteiger partial charge on any atom is -0.370 e. The average molecular weight is 395 g/mol. The third-order valence-corrected chi connectivity index (χ3v) is 3.25. The van der Waals surface area contributed by atoms with E-state index in [2.05, 4.69) is 36.3 Å². The number of guanidine groups is 1. The van der Waals surface area contributed by atoms with E-state index < -0.39 is 0 Å². The maximum atomic E-state index is 5.93. The molecule has 0 amide bonds. The summed E-state index contributed by atoms with van der Waals surface area (Å²) in [4.78, 5) is 4.45. The molecule has 0 aliphatic rings. The minimum atomic E-state index is -0.0375. The minimum absolute atomic E-state index is 0. The van der Waals surface area contributed by atoms with Crippen LogP contribution in [0.2, 0.25) is 0 Å². The summed E-state index contributed by atoms with van der Waals surface area (Å²) in [5.74, 6) is 0.445. The van der Waals surface area contributed by atoms with Gasteiger partial charge in [-0.3, -0.25) is 4.99 Å². The second kappa shape index (κ2) is 8.02. The van der Waals surface area contributed by atoms with Gasteiger partial charge in [0.1, 0.15) is 0 Å². The van der Waals surface area contributed by atoms with Crippen LogP contribution in [0.5, 0.6) is 0 Å². The largest absolute Gasteiger partial charge is 0.370 e. The number of nitrogens with zero attached hydrogens (tertiary/aromatic N) is 1. The van der Waals surface area contributed by atoms with Gasteiger partial charge >= 0.3 is 0 Å². The van der Waals surface area contributed by atoms with Crippen LogP contribution in [0.15, 0.2) is 65.7 Å². The standard InChI is InChI=1S/C17H21N3.HI/c1-17(2,14-9-5-3-6-10-14)13-19-16(18)20-15-11-7-4-8-12-15;/h3-12H,13H2,1-2H3,(H3,18,19,20);1H. The molecule has 2 aromatic rings. The highest BCUT2D eigenvalue weighted by atomic mass is 127. The zero-order chi connectivity index (χ0) is 14.4. The predicted molar refractivity (Wildman–Crippen MR) is 101 cm³/mol. The molecule has 112 valence electrons. The van der Waals surface area contributed by atoms with Gasteiger partial charge in [-0.25, -0.2) is 0 Å². The summed E-state index contributed by atoms with van der Waals surface area (Å²) in [6, 6.07) is 20.2. The number of benzene rings is 2. The van der Waals surface area contributed by atoms with Gasteiger partial charge in [0.05, 0.1) is 6.54 Å². The third-order valence-electron chi connectivity index (χ3n) is 3.25. The second-order valence-corrected chi connectivity index (χ2v) is 5.44. The van der Waals surface area contributed by atoms with Gasteiger partial charge < -0.3 is 11.1 Å². The van der Waals surface area contributed by atoms with E-state index in [1.165, 1.54) is 5.56 Å². The van der Waals surface area contributed by atoms with Gasteiger partial charge in [-0.05, 0) is 17.7 Å². The van der Waals surface area contributed by atoms with Crippen molar-refractivity contribution in [3.05, 3.63) is 66.2 Å². The van der Waals surface area contributed by atoms with Crippen molar-refractivity contribution in [1.29, 1.82) is 0 Å². The molecule has 0 atom stereocenters. The van der Waals surface area contributed by atoms with Crippen LogP contribution in [0.25, 0.3) is 0 Å². The third kappa shape index (κ3) is 5.38. The van der Waals surface area contributed by atoms with Gasteiger partial charge in [0.15, 0.2) is 5.96 Å². The lowest BCUT2D eigenvalue weighted by Gasteiger charge is -2.23. The number of halogens is 1. The van der Waals surface area contributed by atoms with Crippen LogP contribution in [-0.4, -0.2) is 12.5 Å². The molecule has 3 nitrogen and oxygen atoms in total. The zero-order valence-corrected chi connectivity index (χ0v) is 14.7. The Bertz CT molecular complexity index is 565. The Kier molecular flexibility index (Phi) is 6.68. The van der Waals surface area contributed by atoms with Gasteiger partial charge in [-0.1, -0.05) is 62.4 Å². The van der Waals surface area contributed by atoms with Crippen LogP contribution >= 0.6 is 24.0 Å². The normalized spacial score (nSPS) is 11.6. The summed E-state index contributed by atoms with van der Waals surface area (Å²) in [5, 5.41) is 3.09. The Morgan fingerprint density at radius 1 is 1.00 bits per heavy atom. The molecule has 0 bridgehead atoms. The zero-order valence-electron chi connectivity index (χ0n) is 12.4. The molecule has 21 heavy (non-hydrogen) atoms.